The SMILES string of the molecule is CC(CN1C[C@H]2CNC[C@H]2C1)c1ccc(F)cc1. The van der Waals surface area contributed by atoms with Gasteiger partial charge in [-0.05, 0) is 48.5 Å². The molecule has 0 aromatic heterocycles. The van der Waals surface area contributed by atoms with E-state index in [2.05, 4.69) is 17.1 Å². The maximum atomic E-state index is 12.9. The highest BCUT2D eigenvalue weighted by Gasteiger charge is 2.36. The zero-order valence-corrected chi connectivity index (χ0v) is 10.9. The van der Waals surface area contributed by atoms with Crippen LogP contribution in [-0.4, -0.2) is 37.6 Å². The van der Waals surface area contributed by atoms with Crippen molar-refractivity contribution in [2.75, 3.05) is 32.7 Å². The van der Waals surface area contributed by atoms with Gasteiger partial charge in [0.05, 0.1) is 0 Å². The first kappa shape index (κ1) is 12.1. The van der Waals surface area contributed by atoms with E-state index in [-0.39, 0.29) is 5.82 Å². The standard InChI is InChI=1S/C15H21FN2/c1-11(12-2-4-15(16)5-3-12)8-18-9-13-6-17-7-14(13)10-18/h2-5,11,13-14,17H,6-10H2,1H3/t11?,13-,14+. The van der Waals surface area contributed by atoms with E-state index in [1.165, 1.54) is 31.7 Å². The maximum Gasteiger partial charge on any atom is 0.123 e. The zero-order chi connectivity index (χ0) is 12.5. The number of fused-ring (bicyclic) bond motifs is 1. The first-order valence-corrected chi connectivity index (χ1v) is 6.91. The average molecular weight is 248 g/mol. The number of rotatable bonds is 3. The Labute approximate surface area is 108 Å². The van der Waals surface area contributed by atoms with Gasteiger partial charge >= 0.3 is 0 Å². The van der Waals surface area contributed by atoms with Gasteiger partial charge in [-0.3, -0.25) is 0 Å². The molecular formula is C15H21FN2. The van der Waals surface area contributed by atoms with Gasteiger partial charge in [0.1, 0.15) is 5.82 Å². The van der Waals surface area contributed by atoms with Crippen molar-refractivity contribution in [1.29, 1.82) is 0 Å². The summed E-state index contributed by atoms with van der Waals surface area (Å²) in [5.74, 6) is 2.04. The lowest BCUT2D eigenvalue weighted by Crippen LogP contribution is -2.29. The molecule has 2 aliphatic rings. The molecule has 98 valence electrons. The summed E-state index contributed by atoms with van der Waals surface area (Å²) in [6.45, 7) is 8.16. The maximum absolute atomic E-state index is 12.9. The van der Waals surface area contributed by atoms with Crippen LogP contribution in [0.2, 0.25) is 0 Å². The van der Waals surface area contributed by atoms with Gasteiger partial charge in [-0.25, -0.2) is 4.39 Å². The molecule has 2 fully saturated rings. The predicted octanol–water partition coefficient (Wildman–Crippen LogP) is 2.08. The monoisotopic (exact) mass is 248 g/mol. The fourth-order valence-corrected chi connectivity index (χ4v) is 3.39. The Morgan fingerprint density at radius 3 is 2.44 bits per heavy atom. The first-order chi connectivity index (χ1) is 8.72. The quantitative estimate of drug-likeness (QED) is 0.881. The Balaban J connectivity index is 1.58. The zero-order valence-electron chi connectivity index (χ0n) is 10.9. The third-order valence-electron chi connectivity index (χ3n) is 4.44. The third-order valence-corrected chi connectivity index (χ3v) is 4.44. The van der Waals surface area contributed by atoms with Gasteiger partial charge in [-0.2, -0.15) is 0 Å². The van der Waals surface area contributed by atoms with E-state index in [1.807, 2.05) is 12.1 Å². The highest BCUT2D eigenvalue weighted by molar-refractivity contribution is 5.20. The topological polar surface area (TPSA) is 15.3 Å². The Morgan fingerprint density at radius 1 is 1.22 bits per heavy atom. The lowest BCUT2D eigenvalue weighted by atomic mass is 10.0. The van der Waals surface area contributed by atoms with Crippen LogP contribution >= 0.6 is 0 Å². The summed E-state index contributed by atoms with van der Waals surface area (Å²) in [6, 6.07) is 6.96. The Kier molecular flexibility index (Phi) is 3.35. The van der Waals surface area contributed by atoms with Gasteiger partial charge in [-0.15, -0.1) is 0 Å². The molecule has 2 saturated heterocycles. The Bertz CT molecular complexity index is 391. The number of hydrogen-bond acceptors (Lipinski definition) is 2. The minimum absolute atomic E-state index is 0.146. The minimum Gasteiger partial charge on any atom is -0.316 e. The van der Waals surface area contributed by atoms with Crippen molar-refractivity contribution < 1.29 is 4.39 Å². The van der Waals surface area contributed by atoms with E-state index < -0.39 is 0 Å². The van der Waals surface area contributed by atoms with Gasteiger partial charge in [0, 0.05) is 19.6 Å². The van der Waals surface area contributed by atoms with Crippen molar-refractivity contribution in [2.45, 2.75) is 12.8 Å². The normalized spacial score (nSPS) is 29.4. The molecule has 0 spiro atoms. The summed E-state index contributed by atoms with van der Waals surface area (Å²) in [7, 11) is 0. The van der Waals surface area contributed by atoms with E-state index in [9.17, 15) is 4.39 Å². The highest BCUT2D eigenvalue weighted by Crippen LogP contribution is 2.28. The number of halogens is 1. The lowest BCUT2D eigenvalue weighted by molar-refractivity contribution is 0.297. The van der Waals surface area contributed by atoms with E-state index in [1.54, 1.807) is 12.1 Å². The van der Waals surface area contributed by atoms with Gasteiger partial charge in [-0.1, -0.05) is 19.1 Å². The summed E-state index contributed by atoms with van der Waals surface area (Å²) in [5.41, 5.74) is 1.24. The molecule has 3 heteroatoms. The molecule has 0 saturated carbocycles. The van der Waals surface area contributed by atoms with Crippen LogP contribution in [0.25, 0.3) is 0 Å². The van der Waals surface area contributed by atoms with Crippen molar-refractivity contribution in [3.8, 4) is 0 Å². The molecule has 1 aromatic carbocycles. The number of likely N-dealkylation sites (tertiary alicyclic amines) is 1. The van der Waals surface area contributed by atoms with E-state index in [0.717, 1.165) is 18.4 Å². The molecular weight excluding hydrogens is 227 g/mol. The molecule has 3 rings (SSSR count). The summed E-state index contributed by atoms with van der Waals surface area (Å²) < 4.78 is 12.9. The number of nitrogens with zero attached hydrogens (tertiary/aromatic N) is 1. The van der Waals surface area contributed by atoms with Crippen LogP contribution in [0, 0.1) is 17.7 Å². The smallest absolute Gasteiger partial charge is 0.123 e. The molecule has 1 aromatic rings. The lowest BCUT2D eigenvalue weighted by Gasteiger charge is -2.22. The van der Waals surface area contributed by atoms with Crippen LogP contribution in [0.3, 0.4) is 0 Å². The number of benzene rings is 1. The minimum atomic E-state index is -0.146. The molecule has 0 aliphatic carbocycles. The van der Waals surface area contributed by atoms with Gasteiger partial charge < -0.3 is 10.2 Å². The summed E-state index contributed by atoms with van der Waals surface area (Å²) in [6.07, 6.45) is 0. The molecule has 2 heterocycles. The number of nitrogens with one attached hydrogen (secondary N) is 1. The molecule has 0 amide bonds. The fourth-order valence-electron chi connectivity index (χ4n) is 3.39. The molecule has 0 bridgehead atoms. The second-order valence-electron chi connectivity index (χ2n) is 5.85. The fraction of sp³-hybridized carbons (Fsp3) is 0.600. The second kappa shape index (κ2) is 4.98. The first-order valence-electron chi connectivity index (χ1n) is 6.91. The van der Waals surface area contributed by atoms with Crippen LogP contribution in [0.15, 0.2) is 24.3 Å². The molecule has 18 heavy (non-hydrogen) atoms. The Hall–Kier alpha value is -0.930. The Morgan fingerprint density at radius 2 is 1.83 bits per heavy atom. The van der Waals surface area contributed by atoms with Crippen LogP contribution < -0.4 is 5.32 Å². The van der Waals surface area contributed by atoms with Crippen LogP contribution in [0.4, 0.5) is 4.39 Å². The van der Waals surface area contributed by atoms with E-state index in [4.69, 9.17) is 0 Å². The largest absolute Gasteiger partial charge is 0.316 e. The van der Waals surface area contributed by atoms with Crippen LogP contribution in [0.1, 0.15) is 18.4 Å². The summed E-state index contributed by atoms with van der Waals surface area (Å²) in [4.78, 5) is 2.57. The molecule has 2 nitrogen and oxygen atoms in total. The van der Waals surface area contributed by atoms with Gasteiger partial charge in [0.2, 0.25) is 0 Å². The van der Waals surface area contributed by atoms with E-state index >= 15 is 0 Å². The van der Waals surface area contributed by atoms with Crippen molar-refractivity contribution in [2.24, 2.45) is 11.8 Å². The summed E-state index contributed by atoms with van der Waals surface area (Å²) >= 11 is 0. The van der Waals surface area contributed by atoms with E-state index in [0.29, 0.717) is 5.92 Å². The van der Waals surface area contributed by atoms with Crippen LogP contribution in [-0.2, 0) is 0 Å². The summed E-state index contributed by atoms with van der Waals surface area (Å²) in [5, 5.41) is 3.47. The molecule has 1 N–H and O–H groups in total. The van der Waals surface area contributed by atoms with Gasteiger partial charge in [0.15, 0.2) is 0 Å². The molecule has 2 aliphatic heterocycles. The second-order valence-corrected chi connectivity index (χ2v) is 5.85. The highest BCUT2D eigenvalue weighted by atomic mass is 19.1. The van der Waals surface area contributed by atoms with Crippen LogP contribution in [0.5, 0.6) is 0 Å². The molecule has 1 unspecified atom stereocenters. The predicted molar refractivity (Wildman–Crippen MR) is 71.1 cm³/mol. The van der Waals surface area contributed by atoms with Gasteiger partial charge in [0.25, 0.3) is 0 Å². The van der Waals surface area contributed by atoms with Crippen molar-refractivity contribution in [3.63, 3.8) is 0 Å². The molecule has 0 radical (unpaired) electrons. The van der Waals surface area contributed by atoms with Crippen molar-refractivity contribution >= 4 is 0 Å². The molecule has 3 atom stereocenters. The van der Waals surface area contributed by atoms with Crippen molar-refractivity contribution in [1.82, 2.24) is 10.2 Å². The number of hydrogen-bond donors (Lipinski definition) is 1. The van der Waals surface area contributed by atoms with Crippen molar-refractivity contribution in [3.05, 3.63) is 35.6 Å². The average Bonchev–Trinajstić information content (AvgIpc) is 2.90. The third kappa shape index (κ3) is 2.43.